The molecule has 4 heteroatoms. The summed E-state index contributed by atoms with van der Waals surface area (Å²) >= 11 is 0. The maximum absolute atomic E-state index is 10.5. The van der Waals surface area contributed by atoms with E-state index in [1.165, 1.54) is 5.56 Å². The fourth-order valence-electron chi connectivity index (χ4n) is 2.35. The maximum atomic E-state index is 10.5. The van der Waals surface area contributed by atoms with E-state index in [2.05, 4.69) is 11.0 Å². The molecule has 0 radical (unpaired) electrons. The largest absolute Gasteiger partial charge is 0.490 e. The molecule has 0 saturated carbocycles. The number of benzene rings is 1. The van der Waals surface area contributed by atoms with Crippen molar-refractivity contribution < 1.29 is 14.6 Å². The minimum Gasteiger partial charge on any atom is -0.490 e. The van der Waals surface area contributed by atoms with Crippen molar-refractivity contribution in [2.24, 2.45) is 0 Å². The standard InChI is InChI=1S/C15H21NO3/c1-16(11-9-15(17)18)10-8-13-7-6-12-4-2-3-5-14(12)19-13/h2-5,13H,6-11H2,1H3,(H,17,18). The number of hydrogen-bond donors (Lipinski definition) is 1. The lowest BCUT2D eigenvalue weighted by atomic mass is 10.0. The number of carbonyl (C=O) groups is 1. The lowest BCUT2D eigenvalue weighted by Gasteiger charge is -2.27. The summed E-state index contributed by atoms with van der Waals surface area (Å²) in [6, 6.07) is 8.18. The Morgan fingerprint density at radius 2 is 2.21 bits per heavy atom. The van der Waals surface area contributed by atoms with Gasteiger partial charge in [0.25, 0.3) is 0 Å². The molecule has 19 heavy (non-hydrogen) atoms. The first-order chi connectivity index (χ1) is 9.15. The van der Waals surface area contributed by atoms with Gasteiger partial charge < -0.3 is 14.7 Å². The number of fused-ring (bicyclic) bond motifs is 1. The molecule has 0 bridgehead atoms. The third kappa shape index (κ3) is 4.24. The van der Waals surface area contributed by atoms with Crippen LogP contribution in [0.25, 0.3) is 0 Å². The molecule has 1 aromatic carbocycles. The lowest BCUT2D eigenvalue weighted by Crippen LogP contribution is -2.30. The third-order valence-electron chi connectivity index (χ3n) is 3.54. The van der Waals surface area contributed by atoms with Gasteiger partial charge in [-0.3, -0.25) is 4.79 Å². The Labute approximate surface area is 114 Å². The summed E-state index contributed by atoms with van der Waals surface area (Å²) in [6.45, 7) is 1.47. The molecule has 2 rings (SSSR count). The van der Waals surface area contributed by atoms with E-state index in [0.29, 0.717) is 6.54 Å². The molecule has 1 aliphatic heterocycles. The van der Waals surface area contributed by atoms with Crippen LogP contribution in [0.3, 0.4) is 0 Å². The van der Waals surface area contributed by atoms with Gasteiger partial charge in [-0.2, -0.15) is 0 Å². The third-order valence-corrected chi connectivity index (χ3v) is 3.54. The summed E-state index contributed by atoms with van der Waals surface area (Å²) in [4.78, 5) is 12.5. The van der Waals surface area contributed by atoms with Crippen LogP contribution >= 0.6 is 0 Å². The average molecular weight is 263 g/mol. The van der Waals surface area contributed by atoms with Gasteiger partial charge in [0.1, 0.15) is 11.9 Å². The van der Waals surface area contributed by atoms with E-state index in [0.717, 1.165) is 31.6 Å². The zero-order valence-electron chi connectivity index (χ0n) is 11.3. The van der Waals surface area contributed by atoms with Gasteiger partial charge in [0, 0.05) is 13.1 Å². The topological polar surface area (TPSA) is 49.8 Å². The fraction of sp³-hybridized carbons (Fsp3) is 0.533. The second kappa shape index (κ2) is 6.57. The maximum Gasteiger partial charge on any atom is 0.304 e. The Morgan fingerprint density at radius 1 is 1.42 bits per heavy atom. The number of carboxylic acids is 1. The molecule has 1 aromatic rings. The number of aliphatic carboxylic acids is 1. The molecule has 0 amide bonds. The molecular weight excluding hydrogens is 242 g/mol. The molecule has 1 atom stereocenters. The lowest BCUT2D eigenvalue weighted by molar-refractivity contribution is -0.137. The summed E-state index contributed by atoms with van der Waals surface area (Å²) in [6.07, 6.45) is 3.51. The van der Waals surface area contributed by atoms with Crippen LogP contribution in [0.2, 0.25) is 0 Å². The molecule has 0 saturated heterocycles. The second-order valence-corrected chi connectivity index (χ2v) is 5.12. The van der Waals surface area contributed by atoms with Gasteiger partial charge in [0.2, 0.25) is 0 Å². The van der Waals surface area contributed by atoms with Gasteiger partial charge in [-0.25, -0.2) is 0 Å². The van der Waals surface area contributed by atoms with Gasteiger partial charge in [-0.15, -0.1) is 0 Å². The van der Waals surface area contributed by atoms with Crippen molar-refractivity contribution in [2.45, 2.75) is 31.8 Å². The van der Waals surface area contributed by atoms with Crippen molar-refractivity contribution in [3.8, 4) is 5.75 Å². The summed E-state index contributed by atoms with van der Waals surface area (Å²) < 4.78 is 5.96. The van der Waals surface area contributed by atoms with E-state index in [1.54, 1.807) is 0 Å². The molecule has 0 aromatic heterocycles. The minimum atomic E-state index is -0.741. The summed E-state index contributed by atoms with van der Waals surface area (Å²) in [5.41, 5.74) is 1.29. The van der Waals surface area contributed by atoms with Crippen molar-refractivity contribution in [3.63, 3.8) is 0 Å². The quantitative estimate of drug-likeness (QED) is 0.854. The Bertz CT molecular complexity index is 433. The number of carboxylic acid groups (broad SMARTS) is 1. The molecule has 0 aliphatic carbocycles. The Hall–Kier alpha value is -1.55. The van der Waals surface area contributed by atoms with Crippen molar-refractivity contribution in [1.29, 1.82) is 0 Å². The normalized spacial score (nSPS) is 17.9. The number of rotatable bonds is 6. The number of hydrogen-bond acceptors (Lipinski definition) is 3. The molecule has 0 fully saturated rings. The second-order valence-electron chi connectivity index (χ2n) is 5.12. The molecule has 104 valence electrons. The smallest absolute Gasteiger partial charge is 0.304 e. The highest BCUT2D eigenvalue weighted by molar-refractivity contribution is 5.66. The zero-order chi connectivity index (χ0) is 13.7. The van der Waals surface area contributed by atoms with Crippen LogP contribution in [-0.4, -0.2) is 42.2 Å². The van der Waals surface area contributed by atoms with Gasteiger partial charge in [0.05, 0.1) is 6.42 Å². The molecule has 1 unspecified atom stereocenters. The van der Waals surface area contributed by atoms with E-state index in [9.17, 15) is 4.79 Å². The summed E-state index contributed by atoms with van der Waals surface area (Å²) in [5, 5.41) is 8.64. The monoisotopic (exact) mass is 263 g/mol. The Kier molecular flexibility index (Phi) is 4.80. The molecular formula is C15H21NO3. The average Bonchev–Trinajstić information content (AvgIpc) is 2.42. The Balaban J connectivity index is 1.75. The molecule has 1 aliphatic rings. The van der Waals surface area contributed by atoms with Crippen LogP contribution < -0.4 is 4.74 Å². The fourth-order valence-corrected chi connectivity index (χ4v) is 2.35. The van der Waals surface area contributed by atoms with Crippen LogP contribution in [0.15, 0.2) is 24.3 Å². The van der Waals surface area contributed by atoms with Crippen molar-refractivity contribution in [3.05, 3.63) is 29.8 Å². The van der Waals surface area contributed by atoms with E-state index in [-0.39, 0.29) is 12.5 Å². The summed E-state index contributed by atoms with van der Waals surface area (Å²) in [5.74, 6) is 0.265. The van der Waals surface area contributed by atoms with Crippen LogP contribution in [0, 0.1) is 0 Å². The van der Waals surface area contributed by atoms with Crippen LogP contribution in [0.1, 0.15) is 24.8 Å². The van der Waals surface area contributed by atoms with E-state index < -0.39 is 5.97 Å². The van der Waals surface area contributed by atoms with Gasteiger partial charge in [0.15, 0.2) is 0 Å². The predicted molar refractivity (Wildman–Crippen MR) is 73.5 cm³/mol. The minimum absolute atomic E-state index is 0.199. The van der Waals surface area contributed by atoms with E-state index in [1.807, 2.05) is 25.2 Å². The highest BCUT2D eigenvalue weighted by Gasteiger charge is 2.19. The molecule has 1 N–H and O–H groups in total. The molecule has 0 spiro atoms. The number of nitrogens with zero attached hydrogens (tertiary/aromatic N) is 1. The Morgan fingerprint density at radius 3 is 3.00 bits per heavy atom. The van der Waals surface area contributed by atoms with Crippen molar-refractivity contribution >= 4 is 5.97 Å². The first kappa shape index (κ1) is 13.9. The number of para-hydroxylation sites is 1. The summed E-state index contributed by atoms with van der Waals surface area (Å²) in [7, 11) is 1.96. The molecule has 4 nitrogen and oxygen atoms in total. The van der Waals surface area contributed by atoms with Crippen LogP contribution in [0.5, 0.6) is 5.75 Å². The predicted octanol–water partition coefficient (Wildman–Crippen LogP) is 2.18. The van der Waals surface area contributed by atoms with Crippen molar-refractivity contribution in [1.82, 2.24) is 4.90 Å². The zero-order valence-corrected chi connectivity index (χ0v) is 11.3. The number of aryl methyl sites for hydroxylation is 1. The molecule has 1 heterocycles. The van der Waals surface area contributed by atoms with E-state index in [4.69, 9.17) is 9.84 Å². The van der Waals surface area contributed by atoms with E-state index >= 15 is 0 Å². The SMILES string of the molecule is CN(CCC(=O)O)CCC1CCc2ccccc2O1. The van der Waals surface area contributed by atoms with Crippen LogP contribution in [-0.2, 0) is 11.2 Å². The highest BCUT2D eigenvalue weighted by Crippen LogP contribution is 2.28. The first-order valence-corrected chi connectivity index (χ1v) is 6.80. The van der Waals surface area contributed by atoms with Gasteiger partial charge in [-0.05, 0) is 37.9 Å². The first-order valence-electron chi connectivity index (χ1n) is 6.80. The number of ether oxygens (including phenoxy) is 1. The van der Waals surface area contributed by atoms with Gasteiger partial charge >= 0.3 is 5.97 Å². The van der Waals surface area contributed by atoms with Gasteiger partial charge in [-0.1, -0.05) is 18.2 Å². The van der Waals surface area contributed by atoms with Crippen LogP contribution in [0.4, 0.5) is 0 Å². The van der Waals surface area contributed by atoms with Crippen molar-refractivity contribution in [2.75, 3.05) is 20.1 Å². The highest BCUT2D eigenvalue weighted by atomic mass is 16.5.